The van der Waals surface area contributed by atoms with Crippen LogP contribution in [0.15, 0.2) is 84.9 Å². The van der Waals surface area contributed by atoms with Crippen LogP contribution < -0.4 is 16.0 Å². The Morgan fingerprint density at radius 2 is 1.26 bits per heavy atom. The average Bonchev–Trinajstić information content (AvgIpc) is 3.65. The van der Waals surface area contributed by atoms with Crippen LogP contribution in [0.4, 0.5) is 16.2 Å². The molecule has 0 spiro atoms. The van der Waals surface area contributed by atoms with Gasteiger partial charge in [0.2, 0.25) is 5.91 Å². The van der Waals surface area contributed by atoms with Crippen LogP contribution in [-0.2, 0) is 4.79 Å². The molecule has 31 heavy (non-hydrogen) atoms. The quantitative estimate of drug-likeness (QED) is 0.464. The maximum absolute atomic E-state index is 12.3. The third-order valence-corrected chi connectivity index (χ3v) is 5.48. The van der Waals surface area contributed by atoms with E-state index in [1.807, 2.05) is 36.4 Å². The highest BCUT2D eigenvalue weighted by molar-refractivity contribution is 5.94. The molecule has 0 radical (unpaired) electrons. The van der Waals surface area contributed by atoms with Crippen molar-refractivity contribution in [1.82, 2.24) is 5.32 Å². The van der Waals surface area contributed by atoms with Crippen molar-refractivity contribution in [1.29, 1.82) is 0 Å². The fourth-order valence-corrected chi connectivity index (χ4v) is 3.63. The van der Waals surface area contributed by atoms with Crippen LogP contribution in [0.3, 0.4) is 0 Å². The lowest BCUT2D eigenvalue weighted by molar-refractivity contribution is -0.117. The minimum atomic E-state index is -0.241. The van der Waals surface area contributed by atoms with Gasteiger partial charge in [-0.3, -0.25) is 4.79 Å². The summed E-state index contributed by atoms with van der Waals surface area (Å²) in [7, 11) is 0. The molecule has 0 bridgehead atoms. The van der Waals surface area contributed by atoms with Crippen molar-refractivity contribution in [3.8, 4) is 0 Å². The largest absolute Gasteiger partial charge is 0.338 e. The summed E-state index contributed by atoms with van der Waals surface area (Å²) in [5.41, 5.74) is 3.90. The zero-order valence-corrected chi connectivity index (χ0v) is 17.4. The third-order valence-electron chi connectivity index (χ3n) is 5.48. The van der Waals surface area contributed by atoms with Crippen molar-refractivity contribution in [2.45, 2.75) is 25.2 Å². The summed E-state index contributed by atoms with van der Waals surface area (Å²) >= 11 is 0. The molecule has 1 saturated carbocycles. The second-order valence-electron chi connectivity index (χ2n) is 7.88. The predicted molar refractivity (Wildman–Crippen MR) is 124 cm³/mol. The molecule has 1 aliphatic carbocycles. The number of hydrogen-bond acceptors (Lipinski definition) is 2. The minimum absolute atomic E-state index is 0.0739. The smallest absolute Gasteiger partial charge is 0.319 e. The number of hydrogen-bond donors (Lipinski definition) is 3. The molecule has 0 saturated heterocycles. The SMILES string of the molecule is O=C(NCCC(c1ccccc1)c1ccccc1)Nc1ccc(NC(=O)C2CC2)cc1. The molecule has 3 N–H and O–H groups in total. The van der Waals surface area contributed by atoms with Crippen LogP contribution in [-0.4, -0.2) is 18.5 Å². The topological polar surface area (TPSA) is 70.2 Å². The number of amides is 3. The van der Waals surface area contributed by atoms with E-state index < -0.39 is 0 Å². The van der Waals surface area contributed by atoms with E-state index >= 15 is 0 Å². The van der Waals surface area contributed by atoms with Gasteiger partial charge in [0.15, 0.2) is 0 Å². The van der Waals surface area contributed by atoms with E-state index in [0.29, 0.717) is 12.2 Å². The van der Waals surface area contributed by atoms with Crippen molar-refractivity contribution in [2.75, 3.05) is 17.2 Å². The molecule has 1 fully saturated rings. The molecule has 0 aliphatic heterocycles. The minimum Gasteiger partial charge on any atom is -0.338 e. The molecule has 3 aromatic rings. The Labute approximate surface area is 182 Å². The summed E-state index contributed by atoms with van der Waals surface area (Å²) in [4.78, 5) is 24.2. The summed E-state index contributed by atoms with van der Waals surface area (Å²) in [6.07, 6.45) is 2.75. The Kier molecular flexibility index (Phi) is 6.62. The Morgan fingerprint density at radius 1 is 0.742 bits per heavy atom. The Bertz CT molecular complexity index is 960. The van der Waals surface area contributed by atoms with Gasteiger partial charge in [0.05, 0.1) is 0 Å². The lowest BCUT2D eigenvalue weighted by Gasteiger charge is -2.18. The van der Waals surface area contributed by atoms with Gasteiger partial charge in [-0.1, -0.05) is 60.7 Å². The van der Waals surface area contributed by atoms with E-state index in [0.717, 1.165) is 24.9 Å². The molecule has 0 atom stereocenters. The molecule has 4 rings (SSSR count). The first-order valence-electron chi connectivity index (χ1n) is 10.7. The van der Waals surface area contributed by atoms with Gasteiger partial charge in [0.25, 0.3) is 0 Å². The van der Waals surface area contributed by atoms with E-state index in [1.54, 1.807) is 24.3 Å². The monoisotopic (exact) mass is 413 g/mol. The van der Waals surface area contributed by atoms with Gasteiger partial charge < -0.3 is 16.0 Å². The van der Waals surface area contributed by atoms with Gasteiger partial charge in [-0.2, -0.15) is 0 Å². The highest BCUT2D eigenvalue weighted by Gasteiger charge is 2.29. The molecule has 3 aromatic carbocycles. The van der Waals surface area contributed by atoms with Gasteiger partial charge >= 0.3 is 6.03 Å². The molecule has 0 unspecified atom stereocenters. The van der Waals surface area contributed by atoms with Crippen molar-refractivity contribution >= 4 is 23.3 Å². The number of urea groups is 1. The van der Waals surface area contributed by atoms with Gasteiger partial charge in [-0.05, 0) is 54.7 Å². The van der Waals surface area contributed by atoms with Crippen molar-refractivity contribution in [3.05, 3.63) is 96.1 Å². The average molecular weight is 414 g/mol. The fraction of sp³-hybridized carbons (Fsp3) is 0.231. The predicted octanol–water partition coefficient (Wildman–Crippen LogP) is 5.38. The summed E-state index contributed by atoms with van der Waals surface area (Å²) < 4.78 is 0. The van der Waals surface area contributed by atoms with Crippen molar-refractivity contribution < 1.29 is 9.59 Å². The normalized spacial score (nSPS) is 12.9. The molecular weight excluding hydrogens is 386 g/mol. The molecule has 3 amide bonds. The standard InChI is InChI=1S/C26H27N3O2/c30-25(21-11-12-21)28-22-13-15-23(16-14-22)29-26(31)27-18-17-24(19-7-3-1-4-8-19)20-9-5-2-6-10-20/h1-10,13-16,21,24H,11-12,17-18H2,(H,28,30)(H2,27,29,31). The third kappa shape index (κ3) is 5.95. The number of nitrogens with one attached hydrogen (secondary N) is 3. The summed E-state index contributed by atoms with van der Waals surface area (Å²) in [6, 6.07) is 27.7. The van der Waals surface area contributed by atoms with E-state index in [9.17, 15) is 9.59 Å². The zero-order valence-electron chi connectivity index (χ0n) is 17.4. The molecule has 158 valence electrons. The van der Waals surface area contributed by atoms with Crippen LogP contribution in [0.1, 0.15) is 36.3 Å². The molecule has 5 heteroatoms. The lowest BCUT2D eigenvalue weighted by atomic mass is 9.88. The number of carbonyl (C=O) groups excluding carboxylic acids is 2. The van der Waals surface area contributed by atoms with Crippen LogP contribution in [0.2, 0.25) is 0 Å². The lowest BCUT2D eigenvalue weighted by Crippen LogP contribution is -2.30. The number of benzene rings is 3. The van der Waals surface area contributed by atoms with Crippen LogP contribution in [0.5, 0.6) is 0 Å². The molecule has 0 heterocycles. The molecule has 5 nitrogen and oxygen atoms in total. The second kappa shape index (κ2) is 9.94. The molecule has 0 aromatic heterocycles. The van der Waals surface area contributed by atoms with Crippen LogP contribution in [0, 0.1) is 5.92 Å². The first kappa shape index (κ1) is 20.7. The Hall–Kier alpha value is -3.60. The molecule has 1 aliphatic rings. The summed E-state index contributed by atoms with van der Waals surface area (Å²) in [5.74, 6) is 0.459. The first-order chi connectivity index (χ1) is 15.2. The number of anilines is 2. The maximum atomic E-state index is 12.3. The van der Waals surface area contributed by atoms with Crippen molar-refractivity contribution in [3.63, 3.8) is 0 Å². The summed E-state index contributed by atoms with van der Waals surface area (Å²) in [6.45, 7) is 0.551. The van der Waals surface area contributed by atoms with Crippen LogP contribution >= 0.6 is 0 Å². The maximum Gasteiger partial charge on any atom is 0.319 e. The molecular formula is C26H27N3O2. The Balaban J connectivity index is 1.29. The van der Waals surface area contributed by atoms with E-state index in [4.69, 9.17) is 0 Å². The first-order valence-corrected chi connectivity index (χ1v) is 10.7. The van der Waals surface area contributed by atoms with Gasteiger partial charge in [0, 0.05) is 29.8 Å². The second-order valence-corrected chi connectivity index (χ2v) is 7.88. The Morgan fingerprint density at radius 3 is 1.77 bits per heavy atom. The number of rotatable bonds is 8. The fourth-order valence-electron chi connectivity index (χ4n) is 3.63. The van der Waals surface area contributed by atoms with Gasteiger partial charge in [-0.15, -0.1) is 0 Å². The zero-order chi connectivity index (χ0) is 21.5. The van der Waals surface area contributed by atoms with E-state index in [1.165, 1.54) is 11.1 Å². The van der Waals surface area contributed by atoms with Gasteiger partial charge in [-0.25, -0.2) is 4.79 Å². The van der Waals surface area contributed by atoms with Gasteiger partial charge in [0.1, 0.15) is 0 Å². The van der Waals surface area contributed by atoms with E-state index in [-0.39, 0.29) is 23.8 Å². The number of carbonyl (C=O) groups is 2. The summed E-state index contributed by atoms with van der Waals surface area (Å²) in [5, 5.41) is 8.69. The highest BCUT2D eigenvalue weighted by Crippen LogP contribution is 2.30. The highest BCUT2D eigenvalue weighted by atomic mass is 16.2. The van der Waals surface area contributed by atoms with E-state index in [2.05, 4.69) is 40.2 Å². The van der Waals surface area contributed by atoms with Crippen molar-refractivity contribution in [2.24, 2.45) is 5.92 Å². The van der Waals surface area contributed by atoms with Crippen LogP contribution in [0.25, 0.3) is 0 Å².